The summed E-state index contributed by atoms with van der Waals surface area (Å²) in [7, 11) is 0. The van der Waals surface area contributed by atoms with Crippen LogP contribution in [0.2, 0.25) is 0 Å². The van der Waals surface area contributed by atoms with Gasteiger partial charge in [-0.15, -0.1) is 0 Å². The van der Waals surface area contributed by atoms with Crippen molar-refractivity contribution in [1.82, 2.24) is 4.98 Å². The summed E-state index contributed by atoms with van der Waals surface area (Å²) in [5, 5.41) is 10.8. The van der Waals surface area contributed by atoms with Crippen molar-refractivity contribution in [2.24, 2.45) is 4.99 Å². The zero-order valence-electron chi connectivity index (χ0n) is 11.5. The number of non-ortho nitro benzene ring substituents is 1. The van der Waals surface area contributed by atoms with Gasteiger partial charge < -0.3 is 4.74 Å². The van der Waals surface area contributed by atoms with Gasteiger partial charge in [0.2, 0.25) is 5.90 Å². The first-order valence-electron chi connectivity index (χ1n) is 6.41. The predicted octanol–water partition coefficient (Wildman–Crippen LogP) is 3.10. The highest BCUT2D eigenvalue weighted by molar-refractivity contribution is 9.10. The van der Waals surface area contributed by atoms with Crippen LogP contribution in [0, 0.1) is 10.1 Å². The number of aromatic nitrogens is 1. The molecule has 23 heavy (non-hydrogen) atoms. The van der Waals surface area contributed by atoms with E-state index in [0.717, 1.165) is 4.47 Å². The minimum absolute atomic E-state index is 0.0638. The maximum Gasteiger partial charge on any atom is 0.363 e. The lowest BCUT2D eigenvalue weighted by Gasteiger charge is -1.98. The predicted molar refractivity (Wildman–Crippen MR) is 85.6 cm³/mol. The van der Waals surface area contributed by atoms with Crippen molar-refractivity contribution in [3.63, 3.8) is 0 Å². The quantitative estimate of drug-likeness (QED) is 0.356. The lowest BCUT2D eigenvalue weighted by molar-refractivity contribution is -0.384. The largest absolute Gasteiger partial charge is 0.402 e. The van der Waals surface area contributed by atoms with E-state index >= 15 is 0 Å². The maximum absolute atomic E-state index is 11.9. The number of pyridine rings is 1. The highest BCUT2D eigenvalue weighted by Gasteiger charge is 2.24. The van der Waals surface area contributed by atoms with E-state index in [0.29, 0.717) is 11.1 Å². The molecule has 0 saturated heterocycles. The second-order valence-corrected chi connectivity index (χ2v) is 5.50. The van der Waals surface area contributed by atoms with Crippen LogP contribution in [0.5, 0.6) is 0 Å². The summed E-state index contributed by atoms with van der Waals surface area (Å²) < 4.78 is 5.84. The number of carbonyl (C=O) groups excluding carboxylic acids is 1. The van der Waals surface area contributed by atoms with Crippen LogP contribution in [0.15, 0.2) is 57.9 Å². The Kier molecular flexibility index (Phi) is 3.98. The molecule has 0 fully saturated rings. The van der Waals surface area contributed by atoms with E-state index in [9.17, 15) is 14.9 Å². The smallest absolute Gasteiger partial charge is 0.363 e. The van der Waals surface area contributed by atoms with E-state index in [2.05, 4.69) is 25.9 Å². The van der Waals surface area contributed by atoms with Gasteiger partial charge in [0.1, 0.15) is 0 Å². The topological polar surface area (TPSA) is 94.7 Å². The summed E-state index contributed by atoms with van der Waals surface area (Å²) in [4.78, 5) is 30.3. The molecule has 3 rings (SSSR count). The molecule has 2 aromatic rings. The molecule has 0 N–H and O–H groups in total. The monoisotopic (exact) mass is 373 g/mol. The molecule has 0 radical (unpaired) electrons. The number of cyclic esters (lactones) is 1. The van der Waals surface area contributed by atoms with Gasteiger partial charge in [0, 0.05) is 29.0 Å². The number of ether oxygens (including phenoxy) is 1. The molecule has 0 unspecified atom stereocenters. The van der Waals surface area contributed by atoms with Crippen molar-refractivity contribution in [2.45, 2.75) is 0 Å². The number of esters is 1. The Morgan fingerprint density at radius 2 is 2.09 bits per heavy atom. The number of nitro groups is 1. The van der Waals surface area contributed by atoms with Crippen LogP contribution in [0.25, 0.3) is 6.08 Å². The second kappa shape index (κ2) is 6.09. The Hall–Kier alpha value is -2.87. The number of halogens is 1. The van der Waals surface area contributed by atoms with Crippen molar-refractivity contribution in [2.75, 3.05) is 0 Å². The van der Waals surface area contributed by atoms with Crippen molar-refractivity contribution in [3.8, 4) is 0 Å². The summed E-state index contributed by atoms with van der Waals surface area (Å²) in [6, 6.07) is 7.62. The van der Waals surface area contributed by atoms with Gasteiger partial charge in [0.15, 0.2) is 5.70 Å². The average Bonchev–Trinajstić information content (AvgIpc) is 2.89. The molecule has 0 aliphatic carbocycles. The SMILES string of the molecule is O=C1OC(c2cncc(Br)c2)=N/C1=C/c1cccc([N+](=O)[O-])c1. The summed E-state index contributed by atoms with van der Waals surface area (Å²) in [6.07, 6.45) is 4.56. The first kappa shape index (κ1) is 15.0. The van der Waals surface area contributed by atoms with Gasteiger partial charge in [0.25, 0.3) is 5.69 Å². The molecule has 0 atom stereocenters. The zero-order valence-corrected chi connectivity index (χ0v) is 13.1. The fraction of sp³-hybridized carbons (Fsp3) is 0. The zero-order chi connectivity index (χ0) is 16.4. The lowest BCUT2D eigenvalue weighted by atomic mass is 10.1. The molecule has 0 amide bonds. The lowest BCUT2D eigenvalue weighted by Crippen LogP contribution is -2.05. The average molecular weight is 374 g/mol. The summed E-state index contributed by atoms with van der Waals surface area (Å²) in [6.45, 7) is 0. The number of aliphatic imine (C=N–C) groups is 1. The van der Waals surface area contributed by atoms with Gasteiger partial charge in [-0.05, 0) is 33.6 Å². The van der Waals surface area contributed by atoms with Crippen molar-refractivity contribution < 1.29 is 14.5 Å². The number of carbonyl (C=O) groups is 1. The minimum atomic E-state index is -0.619. The summed E-state index contributed by atoms with van der Waals surface area (Å²) in [5.74, 6) is -0.480. The normalized spacial score (nSPS) is 15.4. The molecule has 1 aromatic carbocycles. The third-order valence-corrected chi connectivity index (χ3v) is 3.39. The Balaban J connectivity index is 1.95. The molecule has 8 heteroatoms. The van der Waals surface area contributed by atoms with Gasteiger partial charge >= 0.3 is 5.97 Å². The maximum atomic E-state index is 11.9. The number of nitrogens with zero attached hydrogens (tertiary/aromatic N) is 3. The van der Waals surface area contributed by atoms with Crippen LogP contribution < -0.4 is 0 Å². The van der Waals surface area contributed by atoms with Gasteiger partial charge in [-0.1, -0.05) is 12.1 Å². The van der Waals surface area contributed by atoms with Crippen LogP contribution >= 0.6 is 15.9 Å². The van der Waals surface area contributed by atoms with Crippen LogP contribution in [-0.4, -0.2) is 21.8 Å². The van der Waals surface area contributed by atoms with Gasteiger partial charge in [0.05, 0.1) is 10.5 Å². The highest BCUT2D eigenvalue weighted by atomic mass is 79.9. The van der Waals surface area contributed by atoms with Crippen LogP contribution in [0.3, 0.4) is 0 Å². The molecule has 1 aromatic heterocycles. The molecule has 1 aliphatic heterocycles. The number of hydrogen-bond acceptors (Lipinski definition) is 6. The second-order valence-electron chi connectivity index (χ2n) is 4.58. The fourth-order valence-electron chi connectivity index (χ4n) is 1.95. The molecular weight excluding hydrogens is 366 g/mol. The Bertz CT molecular complexity index is 877. The molecule has 114 valence electrons. The summed E-state index contributed by atoms with van der Waals surface area (Å²) in [5.41, 5.74) is 1.05. The van der Waals surface area contributed by atoms with E-state index in [1.165, 1.54) is 30.5 Å². The third-order valence-electron chi connectivity index (χ3n) is 2.96. The van der Waals surface area contributed by atoms with Crippen LogP contribution in [0.4, 0.5) is 5.69 Å². The van der Waals surface area contributed by atoms with Gasteiger partial charge in [-0.3, -0.25) is 15.1 Å². The first-order valence-corrected chi connectivity index (χ1v) is 7.20. The van der Waals surface area contributed by atoms with Gasteiger partial charge in [-0.2, -0.15) is 0 Å². The van der Waals surface area contributed by atoms with Crippen molar-refractivity contribution >= 4 is 39.6 Å². The van der Waals surface area contributed by atoms with Crippen LogP contribution in [0.1, 0.15) is 11.1 Å². The Labute approximate surface area is 138 Å². The van der Waals surface area contributed by atoms with E-state index in [4.69, 9.17) is 4.74 Å². The number of nitro benzene ring substituents is 1. The number of rotatable bonds is 3. The highest BCUT2D eigenvalue weighted by Crippen LogP contribution is 2.22. The summed E-state index contributed by atoms with van der Waals surface area (Å²) >= 11 is 3.28. The van der Waals surface area contributed by atoms with Crippen molar-refractivity contribution in [3.05, 3.63) is 74.1 Å². The van der Waals surface area contributed by atoms with E-state index in [-0.39, 0.29) is 17.3 Å². The fourth-order valence-corrected chi connectivity index (χ4v) is 2.31. The standard InChI is InChI=1S/C15H8BrN3O4/c16-11-6-10(7-17-8-11)14-18-13(15(20)23-14)5-9-2-1-3-12(4-9)19(21)22/h1-8H/b13-5+. The Morgan fingerprint density at radius 3 is 2.83 bits per heavy atom. The van der Waals surface area contributed by atoms with E-state index in [1.54, 1.807) is 18.3 Å². The molecule has 7 nitrogen and oxygen atoms in total. The molecule has 1 aliphatic rings. The Morgan fingerprint density at radius 1 is 1.26 bits per heavy atom. The molecular formula is C15H8BrN3O4. The third kappa shape index (κ3) is 3.32. The first-order chi connectivity index (χ1) is 11.0. The van der Waals surface area contributed by atoms with Crippen molar-refractivity contribution in [1.29, 1.82) is 0 Å². The minimum Gasteiger partial charge on any atom is -0.402 e. The number of benzene rings is 1. The molecule has 0 spiro atoms. The molecule has 0 bridgehead atoms. The number of hydrogen-bond donors (Lipinski definition) is 0. The molecule has 0 saturated carbocycles. The van der Waals surface area contributed by atoms with Crippen LogP contribution in [-0.2, 0) is 9.53 Å². The van der Waals surface area contributed by atoms with Gasteiger partial charge in [-0.25, -0.2) is 9.79 Å². The van der Waals surface area contributed by atoms with E-state index in [1.807, 2.05) is 0 Å². The van der Waals surface area contributed by atoms with E-state index < -0.39 is 10.9 Å². The molecule has 2 heterocycles.